The maximum atomic E-state index is 12.9. The number of aromatic amines is 1. The van der Waals surface area contributed by atoms with Gasteiger partial charge in [0.05, 0.1) is 13.2 Å². The number of fused-ring (bicyclic) bond motifs is 3. The first-order chi connectivity index (χ1) is 12.5. The maximum absolute atomic E-state index is 12.9. The Hall–Kier alpha value is -2.56. The number of benzene rings is 1. The molecule has 0 amide bonds. The summed E-state index contributed by atoms with van der Waals surface area (Å²) in [5.74, 6) is -1.18. The highest BCUT2D eigenvalue weighted by Gasteiger charge is 2.53. The first-order valence-electron chi connectivity index (χ1n) is 9.05. The quantitative estimate of drug-likeness (QED) is 0.503. The summed E-state index contributed by atoms with van der Waals surface area (Å²) in [7, 11) is 0. The molecular weight excluding hydrogens is 330 g/mol. The third-order valence-electron chi connectivity index (χ3n) is 5.22. The minimum atomic E-state index is -1.34. The average Bonchev–Trinajstić information content (AvgIpc) is 3.01. The number of nitrogens with one attached hydrogen (secondary N) is 1. The van der Waals surface area contributed by atoms with E-state index in [4.69, 9.17) is 9.47 Å². The van der Waals surface area contributed by atoms with Crippen LogP contribution < -0.4 is 0 Å². The van der Waals surface area contributed by atoms with Crippen molar-refractivity contribution in [3.63, 3.8) is 0 Å². The fraction of sp³-hybridized carbons (Fsp3) is 0.429. The molecule has 1 N–H and O–H groups in total. The number of H-pyrrole nitrogens is 1. The number of esters is 2. The Bertz CT molecular complexity index is 846. The van der Waals surface area contributed by atoms with E-state index in [0.717, 1.165) is 27.7 Å². The van der Waals surface area contributed by atoms with Crippen molar-refractivity contribution < 1.29 is 19.1 Å². The maximum Gasteiger partial charge on any atom is 0.323 e. The van der Waals surface area contributed by atoms with E-state index in [1.54, 1.807) is 19.9 Å². The number of carbonyl (C=O) groups excluding carboxylic acids is 2. The number of ether oxygens (including phenoxy) is 2. The molecule has 1 aromatic carbocycles. The van der Waals surface area contributed by atoms with Crippen molar-refractivity contribution in [2.45, 2.75) is 39.5 Å². The predicted molar refractivity (Wildman–Crippen MR) is 100.0 cm³/mol. The molecule has 0 spiro atoms. The van der Waals surface area contributed by atoms with Crippen LogP contribution in [-0.4, -0.2) is 30.1 Å². The van der Waals surface area contributed by atoms with Gasteiger partial charge in [-0.2, -0.15) is 0 Å². The molecule has 5 heteroatoms. The van der Waals surface area contributed by atoms with Gasteiger partial charge in [0, 0.05) is 28.9 Å². The Morgan fingerprint density at radius 1 is 1.27 bits per heavy atom. The van der Waals surface area contributed by atoms with Crippen LogP contribution in [0.1, 0.15) is 43.0 Å². The SMILES string of the molecule is C=CC1CC(C(=O)OCC)(C(=O)OCC)Cc2c1[nH]c1c(C)cccc21. The van der Waals surface area contributed by atoms with Gasteiger partial charge in [0.2, 0.25) is 0 Å². The molecule has 3 rings (SSSR count). The number of rotatable bonds is 5. The van der Waals surface area contributed by atoms with Crippen LogP contribution in [0.5, 0.6) is 0 Å². The summed E-state index contributed by atoms with van der Waals surface area (Å²) in [5.41, 5.74) is 2.82. The van der Waals surface area contributed by atoms with E-state index in [-0.39, 0.29) is 25.6 Å². The van der Waals surface area contributed by atoms with Gasteiger partial charge in [-0.1, -0.05) is 24.3 Å². The first kappa shape index (κ1) is 18.2. The summed E-state index contributed by atoms with van der Waals surface area (Å²) in [6, 6.07) is 6.04. The van der Waals surface area contributed by atoms with Crippen molar-refractivity contribution >= 4 is 22.8 Å². The highest BCUT2D eigenvalue weighted by Crippen LogP contribution is 2.47. The van der Waals surface area contributed by atoms with Gasteiger partial charge in [-0.15, -0.1) is 6.58 Å². The van der Waals surface area contributed by atoms with Gasteiger partial charge < -0.3 is 14.5 Å². The van der Waals surface area contributed by atoms with Crippen LogP contribution in [0.15, 0.2) is 30.9 Å². The molecule has 1 atom stereocenters. The summed E-state index contributed by atoms with van der Waals surface area (Å²) < 4.78 is 10.6. The lowest BCUT2D eigenvalue weighted by atomic mass is 9.68. The van der Waals surface area contributed by atoms with Crippen LogP contribution >= 0.6 is 0 Å². The van der Waals surface area contributed by atoms with Gasteiger partial charge in [-0.05, 0) is 38.3 Å². The van der Waals surface area contributed by atoms with Gasteiger partial charge in [0.25, 0.3) is 0 Å². The standard InChI is InChI=1S/C21H25NO4/c1-5-14-11-21(19(23)25-6-2,20(24)26-7-3)12-16-15-10-8-9-13(4)17(15)22-18(14)16/h5,8-10,14,22H,1,6-7,11-12H2,2-4H3. The summed E-state index contributed by atoms with van der Waals surface area (Å²) >= 11 is 0. The lowest BCUT2D eigenvalue weighted by Gasteiger charge is -2.35. The van der Waals surface area contributed by atoms with Crippen molar-refractivity contribution in [3.8, 4) is 0 Å². The molecule has 138 valence electrons. The van der Waals surface area contributed by atoms with Crippen LogP contribution in [0.2, 0.25) is 0 Å². The van der Waals surface area contributed by atoms with Crippen LogP contribution in [-0.2, 0) is 25.5 Å². The van der Waals surface area contributed by atoms with Gasteiger partial charge in [-0.25, -0.2) is 0 Å². The Morgan fingerprint density at radius 2 is 1.92 bits per heavy atom. The number of hydrogen-bond donors (Lipinski definition) is 1. The van der Waals surface area contributed by atoms with E-state index in [1.165, 1.54) is 0 Å². The van der Waals surface area contributed by atoms with E-state index >= 15 is 0 Å². The smallest absolute Gasteiger partial charge is 0.323 e. The van der Waals surface area contributed by atoms with Crippen LogP contribution in [0.3, 0.4) is 0 Å². The monoisotopic (exact) mass is 355 g/mol. The van der Waals surface area contributed by atoms with Crippen molar-refractivity contribution in [2.75, 3.05) is 13.2 Å². The summed E-state index contributed by atoms with van der Waals surface area (Å²) in [6.07, 6.45) is 2.36. The highest BCUT2D eigenvalue weighted by atomic mass is 16.6. The van der Waals surface area contributed by atoms with Gasteiger partial charge in [-0.3, -0.25) is 9.59 Å². The molecule has 0 saturated heterocycles. The van der Waals surface area contributed by atoms with Gasteiger partial charge >= 0.3 is 11.9 Å². The van der Waals surface area contributed by atoms with E-state index < -0.39 is 17.4 Å². The molecule has 0 fully saturated rings. The molecule has 5 nitrogen and oxygen atoms in total. The molecular formula is C21H25NO4. The topological polar surface area (TPSA) is 68.4 Å². The zero-order valence-corrected chi connectivity index (χ0v) is 15.6. The second-order valence-electron chi connectivity index (χ2n) is 6.76. The highest BCUT2D eigenvalue weighted by molar-refractivity contribution is 6.02. The molecule has 0 saturated carbocycles. The fourth-order valence-electron chi connectivity index (χ4n) is 3.93. The van der Waals surface area contributed by atoms with Gasteiger partial charge in [0.15, 0.2) is 5.41 Å². The van der Waals surface area contributed by atoms with E-state index in [2.05, 4.69) is 11.6 Å². The van der Waals surface area contributed by atoms with Crippen LogP contribution in [0.4, 0.5) is 0 Å². The van der Waals surface area contributed by atoms with Crippen molar-refractivity contribution in [1.82, 2.24) is 4.98 Å². The van der Waals surface area contributed by atoms with E-state index in [0.29, 0.717) is 6.42 Å². The average molecular weight is 355 g/mol. The van der Waals surface area contributed by atoms with E-state index in [9.17, 15) is 9.59 Å². The Balaban J connectivity index is 2.20. The van der Waals surface area contributed by atoms with Crippen molar-refractivity contribution in [3.05, 3.63) is 47.7 Å². The second-order valence-corrected chi connectivity index (χ2v) is 6.76. The third-order valence-corrected chi connectivity index (χ3v) is 5.22. The number of hydrogen-bond acceptors (Lipinski definition) is 4. The van der Waals surface area contributed by atoms with Crippen LogP contribution in [0, 0.1) is 12.3 Å². The number of aryl methyl sites for hydroxylation is 1. The molecule has 0 aliphatic heterocycles. The minimum absolute atomic E-state index is 0.153. The summed E-state index contributed by atoms with van der Waals surface area (Å²) in [6.45, 7) is 9.89. The second kappa shape index (κ2) is 6.98. The minimum Gasteiger partial charge on any atom is -0.465 e. The Labute approximate surface area is 153 Å². The molecule has 0 radical (unpaired) electrons. The Kier molecular flexibility index (Phi) is 4.90. The number of para-hydroxylation sites is 1. The Morgan fingerprint density at radius 3 is 2.50 bits per heavy atom. The number of carbonyl (C=O) groups is 2. The molecule has 1 aliphatic rings. The van der Waals surface area contributed by atoms with Crippen molar-refractivity contribution in [1.29, 1.82) is 0 Å². The zero-order chi connectivity index (χ0) is 18.9. The normalized spacial score (nSPS) is 18.2. The molecule has 0 bridgehead atoms. The zero-order valence-electron chi connectivity index (χ0n) is 15.6. The summed E-state index contributed by atoms with van der Waals surface area (Å²) in [5, 5.41) is 1.03. The molecule has 1 heterocycles. The molecule has 1 aliphatic carbocycles. The number of allylic oxidation sites excluding steroid dienone is 1. The van der Waals surface area contributed by atoms with Gasteiger partial charge in [0.1, 0.15) is 0 Å². The molecule has 2 aromatic rings. The largest absolute Gasteiger partial charge is 0.465 e. The lowest BCUT2D eigenvalue weighted by molar-refractivity contribution is -0.173. The first-order valence-corrected chi connectivity index (χ1v) is 9.05. The van der Waals surface area contributed by atoms with Crippen molar-refractivity contribution in [2.24, 2.45) is 5.41 Å². The van der Waals surface area contributed by atoms with E-state index in [1.807, 2.05) is 25.1 Å². The third kappa shape index (κ3) is 2.71. The molecule has 1 aromatic heterocycles. The summed E-state index contributed by atoms with van der Waals surface area (Å²) in [4.78, 5) is 29.2. The lowest BCUT2D eigenvalue weighted by Crippen LogP contribution is -2.47. The molecule has 26 heavy (non-hydrogen) atoms. The fourth-order valence-corrected chi connectivity index (χ4v) is 3.93. The predicted octanol–water partition coefficient (Wildman–Crippen LogP) is 3.80. The number of aromatic nitrogens is 1. The molecule has 1 unspecified atom stereocenters. The van der Waals surface area contributed by atoms with Crippen LogP contribution in [0.25, 0.3) is 10.9 Å².